The molecule has 0 aliphatic carbocycles. The largest absolute Gasteiger partial charge is 0.399 e. The summed E-state index contributed by atoms with van der Waals surface area (Å²) in [7, 11) is 0. The lowest BCUT2D eigenvalue weighted by Crippen LogP contribution is -1.91. The number of unbranched alkanes of at least 4 members (excludes halogenated alkanes) is 1. The molecular formula is C9H17N. The van der Waals surface area contributed by atoms with E-state index in [4.69, 9.17) is 5.73 Å². The van der Waals surface area contributed by atoms with Crippen LogP contribution in [0.2, 0.25) is 0 Å². The third-order valence-electron chi connectivity index (χ3n) is 1.21. The second-order valence-electron chi connectivity index (χ2n) is 2.30. The van der Waals surface area contributed by atoms with Crippen molar-refractivity contribution in [3.8, 4) is 0 Å². The van der Waals surface area contributed by atoms with E-state index in [9.17, 15) is 0 Å². The number of nitrogens with two attached hydrogens (primary N) is 1. The molecule has 0 saturated carbocycles. The molecule has 58 valence electrons. The zero-order valence-electron chi connectivity index (χ0n) is 6.93. The predicted molar refractivity (Wildman–Crippen MR) is 46.6 cm³/mol. The van der Waals surface area contributed by atoms with Gasteiger partial charge in [-0.1, -0.05) is 32.4 Å². The molecule has 0 aromatic rings. The number of hydrogen-bond acceptors (Lipinski definition) is 1. The van der Waals surface area contributed by atoms with Crippen LogP contribution in [0.15, 0.2) is 23.9 Å². The Morgan fingerprint density at radius 1 is 1.40 bits per heavy atom. The SMILES string of the molecule is CC/C=C(N)\C=C/CCC. The number of rotatable bonds is 4. The first kappa shape index (κ1) is 9.28. The van der Waals surface area contributed by atoms with Crippen molar-refractivity contribution in [2.45, 2.75) is 33.1 Å². The summed E-state index contributed by atoms with van der Waals surface area (Å²) in [6.07, 6.45) is 9.44. The molecule has 0 atom stereocenters. The van der Waals surface area contributed by atoms with Crippen molar-refractivity contribution in [1.82, 2.24) is 0 Å². The summed E-state index contributed by atoms with van der Waals surface area (Å²) in [5, 5.41) is 0. The molecule has 1 nitrogen and oxygen atoms in total. The summed E-state index contributed by atoms with van der Waals surface area (Å²) in [4.78, 5) is 0. The maximum absolute atomic E-state index is 5.60. The van der Waals surface area contributed by atoms with Crippen LogP contribution in [0.3, 0.4) is 0 Å². The highest BCUT2D eigenvalue weighted by atomic mass is 14.5. The Morgan fingerprint density at radius 2 is 2.10 bits per heavy atom. The first-order chi connectivity index (χ1) is 4.81. The van der Waals surface area contributed by atoms with E-state index in [1.54, 1.807) is 0 Å². The average molecular weight is 139 g/mol. The van der Waals surface area contributed by atoms with Gasteiger partial charge in [-0.25, -0.2) is 0 Å². The van der Waals surface area contributed by atoms with Gasteiger partial charge in [0.25, 0.3) is 0 Å². The van der Waals surface area contributed by atoms with Crippen LogP contribution in [-0.2, 0) is 0 Å². The Hall–Kier alpha value is -0.720. The fraction of sp³-hybridized carbons (Fsp3) is 0.556. The minimum atomic E-state index is 0.885. The van der Waals surface area contributed by atoms with Crippen molar-refractivity contribution < 1.29 is 0 Å². The smallest absolute Gasteiger partial charge is 0.0270 e. The van der Waals surface area contributed by atoms with Crippen LogP contribution in [0.5, 0.6) is 0 Å². The van der Waals surface area contributed by atoms with E-state index in [1.165, 1.54) is 6.42 Å². The molecule has 0 fully saturated rings. The van der Waals surface area contributed by atoms with Gasteiger partial charge in [0.15, 0.2) is 0 Å². The lowest BCUT2D eigenvalue weighted by atomic mass is 10.2. The Kier molecular flexibility index (Phi) is 5.94. The van der Waals surface area contributed by atoms with Gasteiger partial charge < -0.3 is 5.73 Å². The van der Waals surface area contributed by atoms with Gasteiger partial charge in [-0.3, -0.25) is 0 Å². The normalized spacial score (nSPS) is 12.8. The van der Waals surface area contributed by atoms with Crippen molar-refractivity contribution in [3.63, 3.8) is 0 Å². The molecule has 0 aromatic heterocycles. The first-order valence-corrected chi connectivity index (χ1v) is 3.93. The van der Waals surface area contributed by atoms with Gasteiger partial charge in [-0.05, 0) is 18.9 Å². The van der Waals surface area contributed by atoms with E-state index in [0.29, 0.717) is 0 Å². The number of allylic oxidation sites excluding steroid dienone is 3. The number of hydrogen-bond donors (Lipinski definition) is 1. The summed E-state index contributed by atoms with van der Waals surface area (Å²) < 4.78 is 0. The lowest BCUT2D eigenvalue weighted by Gasteiger charge is -1.89. The van der Waals surface area contributed by atoms with Crippen molar-refractivity contribution in [2.75, 3.05) is 0 Å². The topological polar surface area (TPSA) is 26.0 Å². The van der Waals surface area contributed by atoms with Crippen LogP contribution in [-0.4, -0.2) is 0 Å². The highest BCUT2D eigenvalue weighted by Gasteiger charge is 1.78. The Morgan fingerprint density at radius 3 is 2.60 bits per heavy atom. The van der Waals surface area contributed by atoms with Crippen LogP contribution in [0.4, 0.5) is 0 Å². The quantitative estimate of drug-likeness (QED) is 0.595. The van der Waals surface area contributed by atoms with E-state index >= 15 is 0 Å². The fourth-order valence-electron chi connectivity index (χ4n) is 0.690. The van der Waals surface area contributed by atoms with E-state index in [0.717, 1.165) is 18.5 Å². The molecule has 0 heterocycles. The second-order valence-corrected chi connectivity index (χ2v) is 2.30. The van der Waals surface area contributed by atoms with Gasteiger partial charge in [-0.2, -0.15) is 0 Å². The Bertz CT molecular complexity index is 123. The van der Waals surface area contributed by atoms with Gasteiger partial charge >= 0.3 is 0 Å². The third kappa shape index (κ3) is 5.42. The zero-order valence-corrected chi connectivity index (χ0v) is 6.93. The minimum Gasteiger partial charge on any atom is -0.399 e. The molecular weight excluding hydrogens is 122 g/mol. The first-order valence-electron chi connectivity index (χ1n) is 3.93. The van der Waals surface area contributed by atoms with Crippen LogP contribution in [0.1, 0.15) is 33.1 Å². The fourth-order valence-corrected chi connectivity index (χ4v) is 0.690. The minimum absolute atomic E-state index is 0.885. The van der Waals surface area contributed by atoms with Crippen molar-refractivity contribution in [2.24, 2.45) is 5.73 Å². The lowest BCUT2D eigenvalue weighted by molar-refractivity contribution is 0.957. The van der Waals surface area contributed by atoms with Crippen molar-refractivity contribution >= 4 is 0 Å². The summed E-state index contributed by atoms with van der Waals surface area (Å²) in [5.41, 5.74) is 6.48. The molecule has 0 rings (SSSR count). The summed E-state index contributed by atoms with van der Waals surface area (Å²) in [5.74, 6) is 0. The monoisotopic (exact) mass is 139 g/mol. The van der Waals surface area contributed by atoms with Gasteiger partial charge in [0.05, 0.1) is 0 Å². The predicted octanol–water partition coefficient (Wildman–Crippen LogP) is 2.60. The third-order valence-corrected chi connectivity index (χ3v) is 1.21. The maximum atomic E-state index is 5.60. The molecule has 0 spiro atoms. The second kappa shape index (κ2) is 6.40. The van der Waals surface area contributed by atoms with Gasteiger partial charge in [-0.15, -0.1) is 0 Å². The highest BCUT2D eigenvalue weighted by molar-refractivity contribution is 5.13. The van der Waals surface area contributed by atoms with Crippen LogP contribution >= 0.6 is 0 Å². The Balaban J connectivity index is 3.55. The van der Waals surface area contributed by atoms with E-state index in [1.807, 2.05) is 12.2 Å². The zero-order chi connectivity index (χ0) is 7.82. The molecule has 10 heavy (non-hydrogen) atoms. The van der Waals surface area contributed by atoms with E-state index in [-0.39, 0.29) is 0 Å². The van der Waals surface area contributed by atoms with Crippen LogP contribution in [0, 0.1) is 0 Å². The molecule has 0 aromatic carbocycles. The molecule has 0 aliphatic rings. The van der Waals surface area contributed by atoms with Crippen LogP contribution < -0.4 is 5.73 Å². The summed E-state index contributed by atoms with van der Waals surface area (Å²) in [6.45, 7) is 4.24. The standard InChI is InChI=1S/C9H17N/c1-3-5-6-8-9(10)7-4-2/h6-8H,3-5,10H2,1-2H3/b8-6-,9-7+. The molecule has 0 unspecified atom stereocenters. The van der Waals surface area contributed by atoms with Crippen LogP contribution in [0.25, 0.3) is 0 Å². The van der Waals surface area contributed by atoms with Gasteiger partial charge in [0, 0.05) is 5.70 Å². The van der Waals surface area contributed by atoms with Gasteiger partial charge in [0.2, 0.25) is 0 Å². The van der Waals surface area contributed by atoms with Gasteiger partial charge in [0.1, 0.15) is 0 Å². The molecule has 0 radical (unpaired) electrons. The maximum Gasteiger partial charge on any atom is 0.0270 e. The van der Waals surface area contributed by atoms with E-state index < -0.39 is 0 Å². The van der Waals surface area contributed by atoms with Crippen molar-refractivity contribution in [1.29, 1.82) is 0 Å². The molecule has 2 N–H and O–H groups in total. The molecule has 0 aliphatic heterocycles. The molecule has 0 saturated heterocycles. The van der Waals surface area contributed by atoms with Crippen molar-refractivity contribution in [3.05, 3.63) is 23.9 Å². The molecule has 1 heteroatoms. The summed E-state index contributed by atoms with van der Waals surface area (Å²) >= 11 is 0. The highest BCUT2D eigenvalue weighted by Crippen LogP contribution is 1.93. The van der Waals surface area contributed by atoms with E-state index in [2.05, 4.69) is 19.9 Å². The Labute approximate surface area is 63.6 Å². The molecule has 0 amide bonds. The average Bonchev–Trinajstić information content (AvgIpc) is 1.89. The summed E-state index contributed by atoms with van der Waals surface area (Å²) in [6, 6.07) is 0. The molecule has 0 bridgehead atoms.